The van der Waals surface area contributed by atoms with E-state index >= 15 is 0 Å². The van der Waals surface area contributed by atoms with E-state index < -0.39 is 0 Å². The molecule has 0 unspecified atom stereocenters. The first-order valence-electron chi connectivity index (χ1n) is 11.3. The number of hydrogen-bond donors (Lipinski definition) is 2. The second kappa shape index (κ2) is 9.58. The molecule has 162 valence electrons. The first-order chi connectivity index (χ1) is 14.6. The largest absolute Gasteiger partial charge is 0.496 e. The molecule has 7 nitrogen and oxygen atoms in total. The highest BCUT2D eigenvalue weighted by atomic mass is 16.5. The Morgan fingerprint density at radius 2 is 1.83 bits per heavy atom. The lowest BCUT2D eigenvalue weighted by Gasteiger charge is -2.30. The van der Waals surface area contributed by atoms with Crippen molar-refractivity contribution in [2.75, 3.05) is 13.7 Å². The lowest BCUT2D eigenvalue weighted by molar-refractivity contribution is -0.126. The van der Waals surface area contributed by atoms with Crippen LogP contribution >= 0.6 is 0 Å². The molecule has 0 aliphatic heterocycles. The molecule has 1 heterocycles. The maximum absolute atomic E-state index is 12.6. The number of aromatic amines is 1. The Kier molecular flexibility index (Phi) is 6.65. The van der Waals surface area contributed by atoms with Crippen molar-refractivity contribution in [2.24, 2.45) is 11.8 Å². The van der Waals surface area contributed by atoms with Crippen LogP contribution in [0.3, 0.4) is 0 Å². The van der Waals surface area contributed by atoms with Crippen LogP contribution in [0.4, 0.5) is 0 Å². The second-order valence-electron chi connectivity index (χ2n) is 9.01. The Labute approximate surface area is 178 Å². The van der Waals surface area contributed by atoms with Crippen LogP contribution in [0.5, 0.6) is 5.75 Å². The van der Waals surface area contributed by atoms with Crippen molar-refractivity contribution in [3.63, 3.8) is 0 Å². The molecule has 1 aromatic carbocycles. The van der Waals surface area contributed by atoms with E-state index in [-0.39, 0.29) is 11.8 Å². The summed E-state index contributed by atoms with van der Waals surface area (Å²) in [7, 11) is 1.72. The van der Waals surface area contributed by atoms with Gasteiger partial charge in [-0.25, -0.2) is 0 Å². The van der Waals surface area contributed by atoms with Crippen molar-refractivity contribution in [3.05, 3.63) is 35.2 Å². The molecule has 0 radical (unpaired) electrons. The molecule has 2 aromatic rings. The van der Waals surface area contributed by atoms with Gasteiger partial charge in [0.05, 0.1) is 7.11 Å². The van der Waals surface area contributed by atoms with Crippen molar-refractivity contribution in [1.82, 2.24) is 25.9 Å². The Bertz CT molecular complexity index is 822. The summed E-state index contributed by atoms with van der Waals surface area (Å²) in [6, 6.07) is 6.57. The van der Waals surface area contributed by atoms with Gasteiger partial charge in [-0.05, 0) is 87.3 Å². The number of rotatable bonds is 6. The maximum Gasteiger partial charge on any atom is 0.223 e. The molecule has 2 aliphatic rings. The Balaban J connectivity index is 1.19. The SMILES string of the molecule is COc1ccc([C@H]2CC[C@H](CNC(=O)C3CCC(c4nn[nH]n4)CC3)CC2)cc1C. The lowest BCUT2D eigenvalue weighted by atomic mass is 9.78. The van der Waals surface area contributed by atoms with Gasteiger partial charge in [-0.1, -0.05) is 17.3 Å². The van der Waals surface area contributed by atoms with Gasteiger partial charge < -0.3 is 10.1 Å². The minimum absolute atomic E-state index is 0.131. The predicted molar refractivity (Wildman–Crippen MR) is 114 cm³/mol. The highest BCUT2D eigenvalue weighted by molar-refractivity contribution is 5.78. The van der Waals surface area contributed by atoms with Crippen LogP contribution in [0.15, 0.2) is 18.2 Å². The van der Waals surface area contributed by atoms with Gasteiger partial charge in [-0.15, -0.1) is 10.2 Å². The third-order valence-corrected chi connectivity index (χ3v) is 7.13. The summed E-state index contributed by atoms with van der Waals surface area (Å²) in [5.41, 5.74) is 2.63. The number of methoxy groups -OCH3 is 1. The van der Waals surface area contributed by atoms with E-state index in [0.717, 1.165) is 43.8 Å². The van der Waals surface area contributed by atoms with E-state index in [0.29, 0.717) is 17.8 Å². The number of nitrogens with one attached hydrogen (secondary N) is 2. The number of hydrogen-bond acceptors (Lipinski definition) is 5. The number of amides is 1. The highest BCUT2D eigenvalue weighted by Gasteiger charge is 2.30. The topological polar surface area (TPSA) is 92.8 Å². The van der Waals surface area contributed by atoms with Crippen LogP contribution in [0.1, 0.15) is 80.2 Å². The number of tetrazole rings is 1. The molecule has 1 aromatic heterocycles. The second-order valence-corrected chi connectivity index (χ2v) is 9.01. The number of benzene rings is 1. The maximum atomic E-state index is 12.6. The van der Waals surface area contributed by atoms with Crippen molar-refractivity contribution >= 4 is 5.91 Å². The fourth-order valence-corrected chi connectivity index (χ4v) is 5.20. The minimum Gasteiger partial charge on any atom is -0.496 e. The van der Waals surface area contributed by atoms with Crippen LogP contribution in [0.2, 0.25) is 0 Å². The number of aryl methyl sites for hydroxylation is 1. The van der Waals surface area contributed by atoms with Crippen molar-refractivity contribution in [1.29, 1.82) is 0 Å². The summed E-state index contributed by atoms with van der Waals surface area (Å²) in [5.74, 6) is 3.67. The van der Waals surface area contributed by atoms with Crippen LogP contribution in [0.25, 0.3) is 0 Å². The van der Waals surface area contributed by atoms with E-state index in [1.165, 1.54) is 36.8 Å². The Morgan fingerprint density at radius 1 is 1.10 bits per heavy atom. The zero-order valence-electron chi connectivity index (χ0n) is 18.1. The minimum atomic E-state index is 0.131. The van der Waals surface area contributed by atoms with Crippen LogP contribution < -0.4 is 10.1 Å². The van der Waals surface area contributed by atoms with Gasteiger partial charge in [0, 0.05) is 18.4 Å². The summed E-state index contributed by atoms with van der Waals surface area (Å²) in [4.78, 5) is 12.6. The first kappa shape index (κ1) is 20.8. The van der Waals surface area contributed by atoms with E-state index in [1.54, 1.807) is 7.11 Å². The highest BCUT2D eigenvalue weighted by Crippen LogP contribution is 2.37. The molecule has 2 saturated carbocycles. The average molecular weight is 412 g/mol. The summed E-state index contributed by atoms with van der Waals surface area (Å²) in [5, 5.41) is 17.6. The quantitative estimate of drug-likeness (QED) is 0.752. The number of aromatic nitrogens is 4. The molecule has 7 heteroatoms. The molecule has 2 N–H and O–H groups in total. The Morgan fingerprint density at radius 3 is 2.47 bits per heavy atom. The molecule has 4 rings (SSSR count). The molecule has 1 amide bonds. The van der Waals surface area contributed by atoms with Gasteiger partial charge in [0.1, 0.15) is 5.75 Å². The fraction of sp³-hybridized carbons (Fsp3) is 0.652. The molecule has 0 atom stereocenters. The van der Waals surface area contributed by atoms with Gasteiger partial charge in [0.15, 0.2) is 5.82 Å². The zero-order chi connectivity index (χ0) is 20.9. The monoisotopic (exact) mass is 411 g/mol. The lowest BCUT2D eigenvalue weighted by Crippen LogP contribution is -2.36. The van der Waals surface area contributed by atoms with E-state index in [9.17, 15) is 4.79 Å². The zero-order valence-corrected chi connectivity index (χ0v) is 18.1. The standard InChI is InChI=1S/C23H33N5O2/c1-15-13-20(11-12-21(15)30-2)17-5-3-16(4-6-17)14-24-23(29)19-9-7-18(8-10-19)22-25-27-28-26-22/h11-13,16-19H,3-10,14H2,1-2H3,(H,24,29)(H,25,26,27,28)/t16-,17-,18?,19?. The number of ether oxygens (including phenoxy) is 1. The van der Waals surface area contributed by atoms with Crippen molar-refractivity contribution in [2.45, 2.75) is 70.1 Å². The van der Waals surface area contributed by atoms with Crippen LogP contribution in [-0.4, -0.2) is 40.2 Å². The van der Waals surface area contributed by atoms with Gasteiger partial charge in [-0.3, -0.25) is 4.79 Å². The van der Waals surface area contributed by atoms with Crippen LogP contribution in [0, 0.1) is 18.8 Å². The number of carbonyl (C=O) groups excluding carboxylic acids is 1. The summed E-state index contributed by atoms with van der Waals surface area (Å²) in [6.45, 7) is 2.93. The molecule has 2 aliphatic carbocycles. The van der Waals surface area contributed by atoms with Gasteiger partial charge in [-0.2, -0.15) is 5.21 Å². The fourth-order valence-electron chi connectivity index (χ4n) is 5.20. The third-order valence-electron chi connectivity index (χ3n) is 7.13. The number of H-pyrrole nitrogens is 1. The molecular weight excluding hydrogens is 378 g/mol. The summed E-state index contributed by atoms with van der Waals surface area (Å²) in [6.07, 6.45) is 8.50. The smallest absolute Gasteiger partial charge is 0.223 e. The van der Waals surface area contributed by atoms with E-state index in [2.05, 4.69) is 51.1 Å². The molecule has 0 spiro atoms. The average Bonchev–Trinajstić information content (AvgIpc) is 3.33. The van der Waals surface area contributed by atoms with Gasteiger partial charge in [0.2, 0.25) is 5.91 Å². The van der Waals surface area contributed by atoms with E-state index in [4.69, 9.17) is 4.74 Å². The predicted octanol–water partition coefficient (Wildman–Crippen LogP) is 3.88. The van der Waals surface area contributed by atoms with Crippen LogP contribution in [-0.2, 0) is 4.79 Å². The van der Waals surface area contributed by atoms with Gasteiger partial charge >= 0.3 is 0 Å². The molecule has 0 saturated heterocycles. The molecule has 0 bridgehead atoms. The molecular formula is C23H33N5O2. The number of nitrogens with zero attached hydrogens (tertiary/aromatic N) is 3. The van der Waals surface area contributed by atoms with Gasteiger partial charge in [0.25, 0.3) is 0 Å². The molecule has 2 fully saturated rings. The number of carbonyl (C=O) groups is 1. The summed E-state index contributed by atoms with van der Waals surface area (Å²) >= 11 is 0. The third kappa shape index (κ3) is 4.82. The normalized spacial score (nSPS) is 26.9. The Hall–Kier alpha value is -2.44. The summed E-state index contributed by atoms with van der Waals surface area (Å²) < 4.78 is 5.38. The molecule has 30 heavy (non-hydrogen) atoms. The van der Waals surface area contributed by atoms with Crippen molar-refractivity contribution in [3.8, 4) is 5.75 Å². The van der Waals surface area contributed by atoms with Crippen molar-refractivity contribution < 1.29 is 9.53 Å². The first-order valence-corrected chi connectivity index (χ1v) is 11.3. The van der Waals surface area contributed by atoms with E-state index in [1.807, 2.05) is 0 Å².